The molecule has 1 atom stereocenters. The molecule has 11 heavy (non-hydrogen) atoms. The summed E-state index contributed by atoms with van der Waals surface area (Å²) in [4.78, 5) is 0. The molecule has 2 N–H and O–H groups in total. The van der Waals surface area contributed by atoms with Crippen molar-refractivity contribution in [3.63, 3.8) is 0 Å². The summed E-state index contributed by atoms with van der Waals surface area (Å²) in [6.07, 6.45) is -0.536. The molecule has 0 saturated heterocycles. The van der Waals surface area contributed by atoms with Crippen LogP contribution < -0.4 is 5.73 Å². The second kappa shape index (κ2) is 3.46. The summed E-state index contributed by atoms with van der Waals surface area (Å²) >= 11 is 0. The molecule has 1 rings (SSSR count). The first-order chi connectivity index (χ1) is 5.24. The highest BCUT2D eigenvalue weighted by Gasteiger charge is 2.03. The van der Waals surface area contributed by atoms with Crippen LogP contribution in [-0.4, -0.2) is 7.11 Å². The zero-order valence-electron chi connectivity index (χ0n) is 6.25. The number of ether oxygens (including phenoxy) is 1. The molecule has 3 heteroatoms. The lowest BCUT2D eigenvalue weighted by atomic mass is 10.2. The van der Waals surface area contributed by atoms with Crippen molar-refractivity contribution in [1.29, 1.82) is 0 Å². The Kier molecular flexibility index (Phi) is 2.57. The maximum Gasteiger partial charge on any atom is 0.131 e. The molecular weight excluding hydrogens is 145 g/mol. The average Bonchev–Trinajstić information content (AvgIpc) is 2.03. The van der Waals surface area contributed by atoms with Gasteiger partial charge in [0.05, 0.1) is 0 Å². The van der Waals surface area contributed by atoms with Crippen LogP contribution in [0, 0.1) is 5.82 Å². The monoisotopic (exact) mass is 155 g/mol. The summed E-state index contributed by atoms with van der Waals surface area (Å²) in [5.74, 6) is -0.296. The van der Waals surface area contributed by atoms with Crippen molar-refractivity contribution in [2.75, 3.05) is 7.11 Å². The van der Waals surface area contributed by atoms with Gasteiger partial charge in [0.2, 0.25) is 0 Å². The summed E-state index contributed by atoms with van der Waals surface area (Å²) in [6, 6.07) is 6.04. The molecule has 0 aliphatic heterocycles. The SMILES string of the molecule is CO[C@@H](N)c1cccc(F)c1. The first kappa shape index (κ1) is 8.17. The van der Waals surface area contributed by atoms with E-state index < -0.39 is 6.23 Å². The van der Waals surface area contributed by atoms with Gasteiger partial charge in [0.1, 0.15) is 12.0 Å². The summed E-state index contributed by atoms with van der Waals surface area (Å²) in [7, 11) is 1.48. The molecule has 0 radical (unpaired) electrons. The number of methoxy groups -OCH3 is 1. The predicted octanol–water partition coefficient (Wildman–Crippen LogP) is 1.43. The Morgan fingerprint density at radius 3 is 2.82 bits per heavy atom. The van der Waals surface area contributed by atoms with Crippen molar-refractivity contribution in [1.82, 2.24) is 0 Å². The Balaban J connectivity index is 2.86. The van der Waals surface area contributed by atoms with Crippen LogP contribution in [0.4, 0.5) is 4.39 Å². The van der Waals surface area contributed by atoms with Gasteiger partial charge in [0.15, 0.2) is 0 Å². The van der Waals surface area contributed by atoms with Crippen LogP contribution in [0.25, 0.3) is 0 Å². The van der Waals surface area contributed by atoms with Gasteiger partial charge in [-0.1, -0.05) is 12.1 Å². The highest BCUT2D eigenvalue weighted by atomic mass is 19.1. The Labute approximate surface area is 64.8 Å². The van der Waals surface area contributed by atoms with Gasteiger partial charge in [-0.25, -0.2) is 4.39 Å². The number of halogens is 1. The minimum Gasteiger partial charge on any atom is -0.363 e. The smallest absolute Gasteiger partial charge is 0.131 e. The van der Waals surface area contributed by atoms with Gasteiger partial charge in [0.25, 0.3) is 0 Å². The lowest BCUT2D eigenvalue weighted by molar-refractivity contribution is 0.109. The molecule has 0 saturated carbocycles. The molecule has 0 unspecified atom stereocenters. The zero-order valence-corrected chi connectivity index (χ0v) is 6.25. The fraction of sp³-hybridized carbons (Fsp3) is 0.250. The minimum atomic E-state index is -0.536. The van der Waals surface area contributed by atoms with Gasteiger partial charge in [-0.3, -0.25) is 0 Å². The molecule has 0 fully saturated rings. The Bertz CT molecular complexity index is 239. The van der Waals surface area contributed by atoms with Gasteiger partial charge >= 0.3 is 0 Å². The number of hydrogen-bond acceptors (Lipinski definition) is 2. The summed E-state index contributed by atoms with van der Waals surface area (Å²) in [6.45, 7) is 0. The van der Waals surface area contributed by atoms with E-state index in [1.54, 1.807) is 12.1 Å². The number of rotatable bonds is 2. The molecular formula is C8H10FNO. The van der Waals surface area contributed by atoms with E-state index in [9.17, 15) is 4.39 Å². The standard InChI is InChI=1S/C8H10FNO/c1-11-8(10)6-3-2-4-7(9)5-6/h2-5,8H,10H2,1H3/t8-/m1/s1. The van der Waals surface area contributed by atoms with Gasteiger partial charge in [-0.05, 0) is 17.7 Å². The molecule has 0 aromatic heterocycles. The van der Waals surface area contributed by atoms with E-state index >= 15 is 0 Å². The van der Waals surface area contributed by atoms with Crippen molar-refractivity contribution in [3.8, 4) is 0 Å². The normalized spacial score (nSPS) is 13.0. The summed E-state index contributed by atoms with van der Waals surface area (Å²) in [5, 5.41) is 0. The molecule has 0 spiro atoms. The summed E-state index contributed by atoms with van der Waals surface area (Å²) in [5.41, 5.74) is 6.12. The van der Waals surface area contributed by atoms with Crippen molar-refractivity contribution in [2.45, 2.75) is 6.23 Å². The molecule has 1 aromatic rings. The zero-order chi connectivity index (χ0) is 8.27. The van der Waals surface area contributed by atoms with Crippen molar-refractivity contribution in [2.24, 2.45) is 5.73 Å². The maximum atomic E-state index is 12.6. The van der Waals surface area contributed by atoms with E-state index in [1.165, 1.54) is 19.2 Å². The number of benzene rings is 1. The van der Waals surface area contributed by atoms with Gasteiger partial charge in [0, 0.05) is 7.11 Å². The molecule has 0 heterocycles. The van der Waals surface area contributed by atoms with Crippen LogP contribution in [0.5, 0.6) is 0 Å². The molecule has 0 bridgehead atoms. The third-order valence-corrected chi connectivity index (χ3v) is 1.43. The Morgan fingerprint density at radius 1 is 1.55 bits per heavy atom. The second-order valence-electron chi connectivity index (χ2n) is 2.21. The molecule has 0 amide bonds. The molecule has 0 aliphatic carbocycles. The van der Waals surface area contributed by atoms with E-state index in [0.717, 1.165) is 0 Å². The quantitative estimate of drug-likeness (QED) is 0.656. The van der Waals surface area contributed by atoms with Crippen LogP contribution >= 0.6 is 0 Å². The van der Waals surface area contributed by atoms with Crippen LogP contribution in [0.15, 0.2) is 24.3 Å². The van der Waals surface area contributed by atoms with Crippen LogP contribution in [0.3, 0.4) is 0 Å². The van der Waals surface area contributed by atoms with Crippen LogP contribution in [0.1, 0.15) is 11.8 Å². The first-order valence-electron chi connectivity index (χ1n) is 3.28. The third kappa shape index (κ3) is 2.00. The topological polar surface area (TPSA) is 35.2 Å². The highest BCUT2D eigenvalue weighted by Crippen LogP contribution is 2.11. The second-order valence-corrected chi connectivity index (χ2v) is 2.21. The van der Waals surface area contributed by atoms with E-state index in [4.69, 9.17) is 10.5 Å². The van der Waals surface area contributed by atoms with Crippen molar-refractivity contribution < 1.29 is 9.13 Å². The number of nitrogens with two attached hydrogens (primary N) is 1. The number of hydrogen-bond donors (Lipinski definition) is 1. The molecule has 1 aromatic carbocycles. The van der Waals surface area contributed by atoms with E-state index in [1.807, 2.05) is 0 Å². The average molecular weight is 155 g/mol. The minimum absolute atomic E-state index is 0.296. The molecule has 0 aliphatic rings. The third-order valence-electron chi connectivity index (χ3n) is 1.43. The van der Waals surface area contributed by atoms with Crippen LogP contribution in [-0.2, 0) is 4.74 Å². The van der Waals surface area contributed by atoms with Crippen molar-refractivity contribution >= 4 is 0 Å². The van der Waals surface area contributed by atoms with Crippen LogP contribution in [0.2, 0.25) is 0 Å². The Hall–Kier alpha value is -0.930. The van der Waals surface area contributed by atoms with Gasteiger partial charge < -0.3 is 10.5 Å². The van der Waals surface area contributed by atoms with E-state index in [0.29, 0.717) is 5.56 Å². The lowest BCUT2D eigenvalue weighted by Gasteiger charge is -2.08. The fourth-order valence-corrected chi connectivity index (χ4v) is 0.820. The highest BCUT2D eigenvalue weighted by molar-refractivity contribution is 5.17. The summed E-state index contributed by atoms with van der Waals surface area (Å²) < 4.78 is 17.4. The molecule has 2 nitrogen and oxygen atoms in total. The predicted molar refractivity (Wildman–Crippen MR) is 40.3 cm³/mol. The fourth-order valence-electron chi connectivity index (χ4n) is 0.820. The van der Waals surface area contributed by atoms with Gasteiger partial charge in [-0.15, -0.1) is 0 Å². The largest absolute Gasteiger partial charge is 0.363 e. The van der Waals surface area contributed by atoms with Gasteiger partial charge in [-0.2, -0.15) is 0 Å². The maximum absolute atomic E-state index is 12.6. The van der Waals surface area contributed by atoms with Crippen molar-refractivity contribution in [3.05, 3.63) is 35.6 Å². The van der Waals surface area contributed by atoms with E-state index in [-0.39, 0.29) is 5.82 Å². The molecule has 60 valence electrons. The van der Waals surface area contributed by atoms with E-state index in [2.05, 4.69) is 0 Å². The lowest BCUT2D eigenvalue weighted by Crippen LogP contribution is -2.11. The first-order valence-corrected chi connectivity index (χ1v) is 3.28. The Morgan fingerprint density at radius 2 is 2.27 bits per heavy atom.